The third-order valence-electron chi connectivity index (χ3n) is 4.42. The molecule has 2 amide bonds. The molecule has 1 fully saturated rings. The Morgan fingerprint density at radius 1 is 1.20 bits per heavy atom. The quantitative estimate of drug-likeness (QED) is 0.669. The molecule has 0 atom stereocenters. The summed E-state index contributed by atoms with van der Waals surface area (Å²) in [6.07, 6.45) is 6.21. The number of rotatable bonds is 8. The van der Waals surface area contributed by atoms with Crippen LogP contribution in [-0.4, -0.2) is 36.5 Å². The summed E-state index contributed by atoms with van der Waals surface area (Å²) in [5, 5.41) is 14.2. The van der Waals surface area contributed by atoms with Gasteiger partial charge in [0.1, 0.15) is 11.3 Å². The molecule has 2 rings (SSSR count). The zero-order chi connectivity index (χ0) is 18.2. The van der Waals surface area contributed by atoms with Crippen molar-refractivity contribution in [2.45, 2.75) is 38.5 Å². The lowest BCUT2D eigenvalue weighted by Gasteiger charge is -2.11. The molecule has 0 spiro atoms. The van der Waals surface area contributed by atoms with Gasteiger partial charge in [-0.1, -0.05) is 25.7 Å². The van der Waals surface area contributed by atoms with Crippen LogP contribution in [0, 0.1) is 5.92 Å². The molecule has 0 saturated heterocycles. The van der Waals surface area contributed by atoms with Gasteiger partial charge in [-0.3, -0.25) is 9.59 Å². The van der Waals surface area contributed by atoms with E-state index in [4.69, 9.17) is 9.84 Å². The van der Waals surface area contributed by atoms with Crippen LogP contribution in [0.2, 0.25) is 0 Å². The molecule has 1 aromatic carbocycles. The van der Waals surface area contributed by atoms with Gasteiger partial charge in [0.2, 0.25) is 11.8 Å². The minimum absolute atomic E-state index is 0.0146. The molecule has 0 unspecified atom stereocenters. The molecular weight excluding hydrogens is 324 g/mol. The van der Waals surface area contributed by atoms with Crippen LogP contribution in [-0.2, 0) is 9.59 Å². The van der Waals surface area contributed by atoms with E-state index >= 15 is 0 Å². The van der Waals surface area contributed by atoms with E-state index in [1.165, 1.54) is 51.0 Å². The van der Waals surface area contributed by atoms with Gasteiger partial charge in [0, 0.05) is 18.2 Å². The van der Waals surface area contributed by atoms with E-state index in [2.05, 4.69) is 10.6 Å². The molecule has 0 radical (unpaired) electrons. The van der Waals surface area contributed by atoms with Gasteiger partial charge in [-0.15, -0.1) is 0 Å². The second-order valence-electron chi connectivity index (χ2n) is 6.23. The zero-order valence-electron chi connectivity index (χ0n) is 14.3. The lowest BCUT2D eigenvalue weighted by Crippen LogP contribution is -2.32. The fraction of sp³-hybridized carbons (Fsp3) is 0.500. The fourth-order valence-electron chi connectivity index (χ4n) is 3.05. The number of hydrogen-bond acceptors (Lipinski definition) is 4. The van der Waals surface area contributed by atoms with Crippen LogP contribution in [0.4, 0.5) is 5.69 Å². The first-order valence-electron chi connectivity index (χ1n) is 8.47. The minimum Gasteiger partial charge on any atom is -0.496 e. The first kappa shape index (κ1) is 18.8. The van der Waals surface area contributed by atoms with Crippen LogP contribution in [0.5, 0.6) is 5.75 Å². The Morgan fingerprint density at radius 2 is 1.92 bits per heavy atom. The molecule has 7 nitrogen and oxygen atoms in total. The van der Waals surface area contributed by atoms with Gasteiger partial charge in [0.15, 0.2) is 0 Å². The third kappa shape index (κ3) is 5.77. The molecule has 1 aromatic rings. The van der Waals surface area contributed by atoms with Crippen LogP contribution in [0.25, 0.3) is 0 Å². The van der Waals surface area contributed by atoms with Gasteiger partial charge in [0.25, 0.3) is 0 Å². The third-order valence-corrected chi connectivity index (χ3v) is 4.42. The molecule has 25 heavy (non-hydrogen) atoms. The Bertz CT molecular complexity index is 638. The molecule has 0 bridgehead atoms. The van der Waals surface area contributed by atoms with Crippen LogP contribution in [0.15, 0.2) is 18.2 Å². The smallest absolute Gasteiger partial charge is 0.339 e. The van der Waals surface area contributed by atoms with E-state index < -0.39 is 5.97 Å². The number of carbonyl (C=O) groups is 3. The van der Waals surface area contributed by atoms with Crippen molar-refractivity contribution in [3.63, 3.8) is 0 Å². The average molecular weight is 348 g/mol. The van der Waals surface area contributed by atoms with Crippen molar-refractivity contribution in [2.24, 2.45) is 5.92 Å². The van der Waals surface area contributed by atoms with Gasteiger partial charge in [0.05, 0.1) is 13.7 Å². The molecule has 1 saturated carbocycles. The fourth-order valence-corrected chi connectivity index (χ4v) is 3.05. The second-order valence-corrected chi connectivity index (χ2v) is 6.23. The Hall–Kier alpha value is -2.57. The molecule has 7 heteroatoms. The number of amides is 2. The summed E-state index contributed by atoms with van der Waals surface area (Å²) in [6, 6.07) is 4.27. The second kappa shape index (κ2) is 9.05. The van der Waals surface area contributed by atoms with Crippen LogP contribution >= 0.6 is 0 Å². The van der Waals surface area contributed by atoms with E-state index in [-0.39, 0.29) is 29.7 Å². The van der Waals surface area contributed by atoms with Crippen LogP contribution in [0.3, 0.4) is 0 Å². The molecule has 0 heterocycles. The number of carbonyl (C=O) groups excluding carboxylic acids is 2. The number of carboxylic acid groups (broad SMARTS) is 1. The Morgan fingerprint density at radius 3 is 2.56 bits per heavy atom. The molecule has 1 aliphatic carbocycles. The Kier molecular flexibility index (Phi) is 6.80. The molecule has 1 aliphatic rings. The minimum atomic E-state index is -1.11. The highest BCUT2D eigenvalue weighted by molar-refractivity contribution is 5.96. The van der Waals surface area contributed by atoms with E-state index in [1.807, 2.05) is 0 Å². The molecular formula is C18H24N2O5. The number of benzene rings is 1. The van der Waals surface area contributed by atoms with E-state index in [1.54, 1.807) is 0 Å². The van der Waals surface area contributed by atoms with Crippen molar-refractivity contribution < 1.29 is 24.2 Å². The summed E-state index contributed by atoms with van der Waals surface area (Å²) in [5.41, 5.74) is 0.424. The number of hydrogen-bond donors (Lipinski definition) is 3. The molecule has 136 valence electrons. The Labute approximate surface area is 146 Å². The van der Waals surface area contributed by atoms with Crippen molar-refractivity contribution in [1.29, 1.82) is 0 Å². The summed E-state index contributed by atoms with van der Waals surface area (Å²) in [4.78, 5) is 34.7. The maximum Gasteiger partial charge on any atom is 0.339 e. The van der Waals surface area contributed by atoms with E-state index in [9.17, 15) is 14.4 Å². The number of ether oxygens (including phenoxy) is 1. The van der Waals surface area contributed by atoms with Crippen molar-refractivity contribution >= 4 is 23.5 Å². The van der Waals surface area contributed by atoms with Crippen molar-refractivity contribution in [1.82, 2.24) is 5.32 Å². The first-order valence-corrected chi connectivity index (χ1v) is 8.47. The number of anilines is 1. The zero-order valence-corrected chi connectivity index (χ0v) is 14.3. The largest absolute Gasteiger partial charge is 0.496 e. The summed E-state index contributed by atoms with van der Waals surface area (Å²) >= 11 is 0. The van der Waals surface area contributed by atoms with Gasteiger partial charge in [-0.05, 0) is 24.5 Å². The van der Waals surface area contributed by atoms with E-state index in [0.29, 0.717) is 18.0 Å². The summed E-state index contributed by atoms with van der Waals surface area (Å²) in [7, 11) is 1.36. The van der Waals surface area contributed by atoms with Crippen molar-refractivity contribution in [3.05, 3.63) is 23.8 Å². The normalized spacial score (nSPS) is 14.1. The first-order chi connectivity index (χ1) is 12.0. The molecule has 0 aliphatic heterocycles. The van der Waals surface area contributed by atoms with Gasteiger partial charge < -0.3 is 20.5 Å². The molecule has 3 N–H and O–H groups in total. The average Bonchev–Trinajstić information content (AvgIpc) is 3.11. The highest BCUT2D eigenvalue weighted by Gasteiger charge is 2.16. The maximum absolute atomic E-state index is 11.9. The van der Waals surface area contributed by atoms with Gasteiger partial charge in [-0.2, -0.15) is 0 Å². The number of carboxylic acids is 1. The number of methoxy groups -OCH3 is 1. The summed E-state index contributed by atoms with van der Waals surface area (Å²) < 4.78 is 5.01. The highest BCUT2D eigenvalue weighted by atomic mass is 16.5. The van der Waals surface area contributed by atoms with Gasteiger partial charge >= 0.3 is 5.97 Å². The number of nitrogens with one attached hydrogen (secondary N) is 2. The van der Waals surface area contributed by atoms with Crippen LogP contribution in [0.1, 0.15) is 48.9 Å². The maximum atomic E-state index is 11.9. The highest BCUT2D eigenvalue weighted by Crippen LogP contribution is 2.28. The Balaban J connectivity index is 1.77. The lowest BCUT2D eigenvalue weighted by molar-refractivity contribution is -0.124. The van der Waals surface area contributed by atoms with Crippen molar-refractivity contribution in [2.75, 3.05) is 19.0 Å². The molecule has 0 aromatic heterocycles. The lowest BCUT2D eigenvalue weighted by atomic mass is 10.0. The number of aromatic carboxylic acids is 1. The van der Waals surface area contributed by atoms with E-state index in [0.717, 1.165) is 6.42 Å². The monoisotopic (exact) mass is 348 g/mol. The van der Waals surface area contributed by atoms with Crippen molar-refractivity contribution in [3.8, 4) is 5.75 Å². The summed E-state index contributed by atoms with van der Waals surface area (Å²) in [5.74, 6) is -0.810. The SMILES string of the molecule is COc1cc(NC(=O)CNC(=O)CCC2CCCC2)ccc1C(=O)O. The topological polar surface area (TPSA) is 105 Å². The van der Waals surface area contributed by atoms with Crippen LogP contribution < -0.4 is 15.4 Å². The summed E-state index contributed by atoms with van der Waals surface area (Å²) in [6.45, 7) is -0.119. The predicted molar refractivity (Wildman–Crippen MR) is 92.8 cm³/mol. The van der Waals surface area contributed by atoms with Gasteiger partial charge in [-0.25, -0.2) is 4.79 Å². The predicted octanol–water partition coefficient (Wildman–Crippen LogP) is 2.42. The standard InChI is InChI=1S/C18H24N2O5/c1-25-15-10-13(7-8-14(15)18(23)24)20-17(22)11-19-16(21)9-6-12-4-2-3-5-12/h7-8,10,12H,2-6,9,11H2,1H3,(H,19,21)(H,20,22)(H,23,24).